The van der Waals surface area contributed by atoms with Crippen molar-refractivity contribution in [3.8, 4) is 6.07 Å². The van der Waals surface area contributed by atoms with E-state index >= 15 is 0 Å². The molecule has 0 saturated carbocycles. The van der Waals surface area contributed by atoms with E-state index < -0.39 is 5.92 Å². The van der Waals surface area contributed by atoms with Crippen molar-refractivity contribution >= 4 is 29.3 Å². The van der Waals surface area contributed by atoms with Gasteiger partial charge in [0.25, 0.3) is 5.91 Å². The van der Waals surface area contributed by atoms with Gasteiger partial charge < -0.3 is 20.4 Å². The van der Waals surface area contributed by atoms with Crippen molar-refractivity contribution in [1.82, 2.24) is 10.6 Å². The molecule has 2 amide bonds. The first-order chi connectivity index (χ1) is 17.1. The van der Waals surface area contributed by atoms with Gasteiger partial charge in [-0.15, -0.1) is 0 Å². The van der Waals surface area contributed by atoms with E-state index in [0.29, 0.717) is 39.9 Å². The van der Waals surface area contributed by atoms with Crippen LogP contribution in [0, 0.1) is 11.3 Å². The summed E-state index contributed by atoms with van der Waals surface area (Å²) < 4.78 is 5.63. The Balaban J connectivity index is 1.53. The van der Waals surface area contributed by atoms with Crippen molar-refractivity contribution in [1.29, 1.82) is 5.26 Å². The summed E-state index contributed by atoms with van der Waals surface area (Å²) in [5, 5.41) is 19.5. The second-order valence-electron chi connectivity index (χ2n) is 7.84. The summed E-state index contributed by atoms with van der Waals surface area (Å²) in [4.78, 5) is 25.7. The number of hydrogen-bond acceptors (Lipinski definition) is 6. The summed E-state index contributed by atoms with van der Waals surface area (Å²) in [5.41, 5.74) is 2.95. The van der Waals surface area contributed by atoms with E-state index in [1.165, 1.54) is 18.0 Å². The van der Waals surface area contributed by atoms with Gasteiger partial charge in [-0.1, -0.05) is 60.3 Å². The maximum Gasteiger partial charge on any atom is 0.254 e. The SMILES string of the molecule is CC1=C(C(=O)Nc2ccccc2)[C@H](c2ccco2)C(C#N)=C(SCC(=O)NCc2ccccc2)N1. The molecule has 1 aromatic heterocycles. The predicted molar refractivity (Wildman–Crippen MR) is 136 cm³/mol. The van der Waals surface area contributed by atoms with Gasteiger partial charge in [-0.3, -0.25) is 9.59 Å². The van der Waals surface area contributed by atoms with Crippen molar-refractivity contribution in [3.63, 3.8) is 0 Å². The molecule has 0 spiro atoms. The highest BCUT2D eigenvalue weighted by molar-refractivity contribution is 8.03. The summed E-state index contributed by atoms with van der Waals surface area (Å²) in [6, 6.07) is 24.5. The number of nitriles is 1. The molecule has 176 valence electrons. The molecule has 0 unspecified atom stereocenters. The van der Waals surface area contributed by atoms with Crippen molar-refractivity contribution in [2.45, 2.75) is 19.4 Å². The molecule has 0 bridgehead atoms. The molecule has 3 aromatic rings. The number of nitrogens with zero attached hydrogens (tertiary/aromatic N) is 1. The average molecular weight is 485 g/mol. The third-order valence-electron chi connectivity index (χ3n) is 5.43. The Hall–Kier alpha value is -4.22. The fraction of sp³-hybridized carbons (Fsp3) is 0.148. The van der Waals surface area contributed by atoms with Gasteiger partial charge in [0, 0.05) is 17.9 Å². The molecule has 8 heteroatoms. The van der Waals surface area contributed by atoms with Crippen LogP contribution in [0.2, 0.25) is 0 Å². The van der Waals surface area contributed by atoms with Crippen LogP contribution in [0.3, 0.4) is 0 Å². The number of benzene rings is 2. The Morgan fingerprint density at radius 2 is 1.77 bits per heavy atom. The van der Waals surface area contributed by atoms with Gasteiger partial charge in [0.2, 0.25) is 5.91 Å². The van der Waals surface area contributed by atoms with E-state index in [1.54, 1.807) is 31.2 Å². The molecule has 0 aliphatic carbocycles. The number of hydrogen-bond donors (Lipinski definition) is 3. The molecule has 1 aliphatic heterocycles. The van der Waals surface area contributed by atoms with Gasteiger partial charge in [0.1, 0.15) is 5.76 Å². The van der Waals surface area contributed by atoms with E-state index in [9.17, 15) is 14.9 Å². The smallest absolute Gasteiger partial charge is 0.254 e. The molecule has 1 aliphatic rings. The van der Waals surface area contributed by atoms with Crippen molar-refractivity contribution in [3.05, 3.63) is 112 Å². The van der Waals surface area contributed by atoms with Crippen LogP contribution in [0.25, 0.3) is 0 Å². The summed E-state index contributed by atoms with van der Waals surface area (Å²) >= 11 is 1.22. The summed E-state index contributed by atoms with van der Waals surface area (Å²) in [6.45, 7) is 2.20. The molecule has 2 heterocycles. The van der Waals surface area contributed by atoms with Crippen LogP contribution in [-0.2, 0) is 16.1 Å². The van der Waals surface area contributed by atoms with E-state index in [0.717, 1.165) is 5.56 Å². The Labute approximate surface area is 207 Å². The minimum atomic E-state index is -0.699. The zero-order chi connectivity index (χ0) is 24.6. The number of thioether (sulfide) groups is 1. The first-order valence-corrected chi connectivity index (χ1v) is 12.0. The van der Waals surface area contributed by atoms with Crippen LogP contribution < -0.4 is 16.0 Å². The molecule has 2 aromatic carbocycles. The third kappa shape index (κ3) is 5.83. The number of furan rings is 1. The first kappa shape index (κ1) is 23.9. The lowest BCUT2D eigenvalue weighted by molar-refractivity contribution is -0.118. The molecule has 0 fully saturated rings. The lowest BCUT2D eigenvalue weighted by Gasteiger charge is -2.28. The lowest BCUT2D eigenvalue weighted by Crippen LogP contribution is -2.31. The van der Waals surface area contributed by atoms with Gasteiger partial charge in [0.05, 0.1) is 40.2 Å². The number of dihydropyridines is 1. The van der Waals surface area contributed by atoms with E-state index in [1.807, 2.05) is 48.5 Å². The minimum absolute atomic E-state index is 0.115. The van der Waals surface area contributed by atoms with Crippen LogP contribution in [-0.4, -0.2) is 17.6 Å². The van der Waals surface area contributed by atoms with Crippen LogP contribution in [0.5, 0.6) is 0 Å². The summed E-state index contributed by atoms with van der Waals surface area (Å²) in [7, 11) is 0. The number of allylic oxidation sites excluding steroid dienone is 2. The molecule has 7 nitrogen and oxygen atoms in total. The van der Waals surface area contributed by atoms with Crippen LogP contribution in [0.15, 0.2) is 105 Å². The Morgan fingerprint density at radius 1 is 1.06 bits per heavy atom. The number of para-hydroxylation sites is 1. The zero-order valence-electron chi connectivity index (χ0n) is 19.1. The van der Waals surface area contributed by atoms with Gasteiger partial charge in [-0.2, -0.15) is 5.26 Å². The number of carbonyl (C=O) groups is 2. The van der Waals surface area contributed by atoms with Crippen LogP contribution in [0.1, 0.15) is 24.2 Å². The number of nitrogens with one attached hydrogen (secondary N) is 3. The Morgan fingerprint density at radius 3 is 2.43 bits per heavy atom. The maximum atomic E-state index is 13.3. The van der Waals surface area contributed by atoms with Crippen molar-refractivity contribution < 1.29 is 14.0 Å². The Kier molecular flexibility index (Phi) is 7.70. The zero-order valence-corrected chi connectivity index (χ0v) is 19.9. The van der Waals surface area contributed by atoms with Crippen molar-refractivity contribution in [2.24, 2.45) is 0 Å². The monoisotopic (exact) mass is 484 g/mol. The third-order valence-corrected chi connectivity index (χ3v) is 6.45. The quantitative estimate of drug-likeness (QED) is 0.429. The standard InChI is InChI=1S/C27H24N4O3S/c1-18-24(26(33)31-20-11-6-3-7-12-20)25(22-13-8-14-34-22)21(15-28)27(30-18)35-17-23(32)29-16-19-9-4-2-5-10-19/h2-14,25,30H,16-17H2,1H3,(H,29,32)(H,31,33)/t25-/m0/s1. The van der Waals surface area contributed by atoms with Gasteiger partial charge in [0.15, 0.2) is 0 Å². The predicted octanol–water partition coefficient (Wildman–Crippen LogP) is 4.66. The lowest BCUT2D eigenvalue weighted by atomic mass is 9.85. The van der Waals surface area contributed by atoms with Crippen LogP contribution in [0.4, 0.5) is 5.69 Å². The topological polar surface area (TPSA) is 107 Å². The number of amides is 2. The van der Waals surface area contributed by atoms with Gasteiger partial charge in [-0.25, -0.2) is 0 Å². The average Bonchev–Trinajstić information content (AvgIpc) is 3.41. The highest BCUT2D eigenvalue weighted by Crippen LogP contribution is 2.41. The van der Waals surface area contributed by atoms with E-state index in [4.69, 9.17) is 4.42 Å². The van der Waals surface area contributed by atoms with Gasteiger partial charge in [-0.05, 0) is 36.8 Å². The molecular weight excluding hydrogens is 460 g/mol. The minimum Gasteiger partial charge on any atom is -0.468 e. The highest BCUT2D eigenvalue weighted by atomic mass is 32.2. The van der Waals surface area contributed by atoms with Crippen LogP contribution >= 0.6 is 11.8 Å². The normalized spacial score (nSPS) is 15.3. The molecule has 4 rings (SSSR count). The number of carbonyl (C=O) groups excluding carboxylic acids is 2. The molecule has 3 N–H and O–H groups in total. The number of anilines is 1. The molecular formula is C27H24N4O3S. The molecule has 35 heavy (non-hydrogen) atoms. The molecule has 1 atom stereocenters. The number of rotatable bonds is 8. The summed E-state index contributed by atoms with van der Waals surface area (Å²) in [6.07, 6.45) is 1.51. The fourth-order valence-electron chi connectivity index (χ4n) is 3.77. The summed E-state index contributed by atoms with van der Waals surface area (Å²) in [5.74, 6) is -0.597. The molecule has 0 radical (unpaired) electrons. The fourth-order valence-corrected chi connectivity index (χ4v) is 4.69. The maximum absolute atomic E-state index is 13.3. The van der Waals surface area contributed by atoms with E-state index in [-0.39, 0.29) is 17.6 Å². The second kappa shape index (κ2) is 11.3. The Bertz CT molecular complexity index is 1290. The highest BCUT2D eigenvalue weighted by Gasteiger charge is 2.36. The second-order valence-corrected chi connectivity index (χ2v) is 8.82. The molecule has 0 saturated heterocycles. The first-order valence-electron chi connectivity index (χ1n) is 11.0. The van der Waals surface area contributed by atoms with Gasteiger partial charge >= 0.3 is 0 Å². The van der Waals surface area contributed by atoms with Crippen molar-refractivity contribution in [2.75, 3.05) is 11.1 Å². The van der Waals surface area contributed by atoms with E-state index in [2.05, 4.69) is 22.0 Å². The largest absolute Gasteiger partial charge is 0.468 e.